The normalized spacial score (nSPS) is 14.2. The molecule has 0 radical (unpaired) electrons. The summed E-state index contributed by atoms with van der Waals surface area (Å²) >= 11 is 0. The molecule has 26 heavy (non-hydrogen) atoms. The molecule has 1 aliphatic heterocycles. The van der Waals surface area contributed by atoms with E-state index in [1.54, 1.807) is 17.0 Å². The lowest BCUT2D eigenvalue weighted by Gasteiger charge is -2.18. The maximum Gasteiger partial charge on any atom is 0.145 e. The topological polar surface area (TPSA) is 76.0 Å². The number of aromatic nitrogens is 2. The first-order valence-electron chi connectivity index (χ1n) is 7.98. The number of halogens is 2. The van der Waals surface area contributed by atoms with Gasteiger partial charge >= 0.3 is 0 Å². The molecule has 3 N–H and O–H groups in total. The standard InChI is InChI=1S/C19H17FN4O.ClH/c1-11-2-7-14-15(8-11)23-19(22-14)17-16(25)10-24(18(17)21)9-12-3-5-13(20)6-4-12;/h2-8,21,25H,9-10H2,1H3,(H,22,23);1H. The molecule has 3 aromatic rings. The number of rotatable bonds is 3. The van der Waals surface area contributed by atoms with Gasteiger partial charge in [-0.05, 0) is 42.3 Å². The Labute approximate surface area is 156 Å². The van der Waals surface area contributed by atoms with Gasteiger partial charge in [0.15, 0.2) is 0 Å². The van der Waals surface area contributed by atoms with Gasteiger partial charge in [0.25, 0.3) is 0 Å². The molecule has 0 bridgehead atoms. The fourth-order valence-electron chi connectivity index (χ4n) is 3.07. The van der Waals surface area contributed by atoms with Crippen molar-refractivity contribution in [1.82, 2.24) is 14.9 Å². The van der Waals surface area contributed by atoms with Gasteiger partial charge in [0, 0.05) is 6.54 Å². The number of H-pyrrole nitrogens is 1. The van der Waals surface area contributed by atoms with Crippen molar-refractivity contribution >= 4 is 34.8 Å². The number of aliphatic hydroxyl groups is 1. The zero-order chi connectivity index (χ0) is 17.6. The second-order valence-corrected chi connectivity index (χ2v) is 6.26. The Morgan fingerprint density at radius 2 is 1.96 bits per heavy atom. The van der Waals surface area contributed by atoms with Gasteiger partial charge < -0.3 is 15.0 Å². The van der Waals surface area contributed by atoms with Crippen molar-refractivity contribution in [3.05, 3.63) is 71.0 Å². The number of imidazole rings is 1. The first-order chi connectivity index (χ1) is 12.0. The molecule has 0 atom stereocenters. The summed E-state index contributed by atoms with van der Waals surface area (Å²) in [6, 6.07) is 12.0. The van der Waals surface area contributed by atoms with E-state index in [0.717, 1.165) is 22.2 Å². The second kappa shape index (κ2) is 6.80. The van der Waals surface area contributed by atoms with Crippen LogP contribution in [0.5, 0.6) is 0 Å². The highest BCUT2D eigenvalue weighted by molar-refractivity contribution is 6.23. The van der Waals surface area contributed by atoms with Crippen LogP contribution in [-0.2, 0) is 6.54 Å². The van der Waals surface area contributed by atoms with Gasteiger partial charge in [0.05, 0.1) is 23.2 Å². The largest absolute Gasteiger partial charge is 0.510 e. The molecule has 0 spiro atoms. The Morgan fingerprint density at radius 1 is 1.23 bits per heavy atom. The number of hydrogen-bond donors (Lipinski definition) is 3. The molecule has 1 aliphatic rings. The number of nitrogens with one attached hydrogen (secondary N) is 2. The zero-order valence-corrected chi connectivity index (χ0v) is 14.9. The molecular formula is C19H18ClFN4O. The Hall–Kier alpha value is -2.86. The Bertz CT molecular complexity index is 1010. The van der Waals surface area contributed by atoms with Gasteiger partial charge in [-0.1, -0.05) is 18.2 Å². The molecule has 7 heteroatoms. The molecule has 0 saturated carbocycles. The summed E-state index contributed by atoms with van der Waals surface area (Å²) in [7, 11) is 0. The number of fused-ring (bicyclic) bond motifs is 1. The van der Waals surface area contributed by atoms with Crippen molar-refractivity contribution < 1.29 is 9.50 Å². The monoisotopic (exact) mass is 372 g/mol. The number of aryl methyl sites for hydroxylation is 1. The van der Waals surface area contributed by atoms with Crippen molar-refractivity contribution in [2.24, 2.45) is 0 Å². The zero-order valence-electron chi connectivity index (χ0n) is 14.1. The third kappa shape index (κ3) is 3.15. The molecule has 2 aromatic carbocycles. The van der Waals surface area contributed by atoms with E-state index in [1.165, 1.54) is 12.1 Å². The summed E-state index contributed by atoms with van der Waals surface area (Å²) in [4.78, 5) is 9.42. The number of aromatic amines is 1. The van der Waals surface area contributed by atoms with E-state index in [2.05, 4.69) is 9.97 Å². The van der Waals surface area contributed by atoms with E-state index in [9.17, 15) is 9.50 Å². The SMILES string of the molecule is Cc1ccc2nc(C3=C(O)CN(Cc4ccc(F)cc4)C3=N)[nH]c2c1.Cl. The van der Waals surface area contributed by atoms with Gasteiger partial charge in [0.2, 0.25) is 0 Å². The summed E-state index contributed by atoms with van der Waals surface area (Å²) in [5.74, 6) is 0.518. The van der Waals surface area contributed by atoms with E-state index in [1.807, 2.05) is 25.1 Å². The minimum Gasteiger partial charge on any atom is -0.510 e. The van der Waals surface area contributed by atoms with Crippen LogP contribution < -0.4 is 0 Å². The summed E-state index contributed by atoms with van der Waals surface area (Å²) in [6.45, 7) is 2.66. The molecule has 0 aliphatic carbocycles. The minimum absolute atomic E-state index is 0. The predicted octanol–water partition coefficient (Wildman–Crippen LogP) is 4.19. The summed E-state index contributed by atoms with van der Waals surface area (Å²) in [6.07, 6.45) is 0. The quantitative estimate of drug-likeness (QED) is 0.645. The average Bonchev–Trinajstić information content (AvgIpc) is 3.10. The van der Waals surface area contributed by atoms with Crippen molar-refractivity contribution in [3.8, 4) is 0 Å². The van der Waals surface area contributed by atoms with E-state index < -0.39 is 0 Å². The molecule has 0 unspecified atom stereocenters. The Balaban J connectivity index is 0.00000196. The highest BCUT2D eigenvalue weighted by atomic mass is 35.5. The maximum absolute atomic E-state index is 13.0. The van der Waals surface area contributed by atoms with Crippen LogP contribution in [0.2, 0.25) is 0 Å². The van der Waals surface area contributed by atoms with Crippen molar-refractivity contribution in [2.45, 2.75) is 13.5 Å². The molecule has 0 amide bonds. The maximum atomic E-state index is 13.0. The fourth-order valence-corrected chi connectivity index (χ4v) is 3.07. The minimum atomic E-state index is -0.292. The smallest absolute Gasteiger partial charge is 0.145 e. The van der Waals surface area contributed by atoms with Crippen molar-refractivity contribution in [1.29, 1.82) is 5.41 Å². The summed E-state index contributed by atoms with van der Waals surface area (Å²) in [5, 5.41) is 18.8. The molecule has 134 valence electrons. The molecule has 2 heterocycles. The van der Waals surface area contributed by atoms with Crippen molar-refractivity contribution in [3.63, 3.8) is 0 Å². The Morgan fingerprint density at radius 3 is 2.69 bits per heavy atom. The molecular weight excluding hydrogens is 355 g/mol. The van der Waals surface area contributed by atoms with Crippen LogP contribution in [0.1, 0.15) is 17.0 Å². The van der Waals surface area contributed by atoms with Gasteiger partial charge in [0.1, 0.15) is 23.2 Å². The number of nitrogens with zero attached hydrogens (tertiary/aromatic N) is 2. The van der Waals surface area contributed by atoms with Gasteiger partial charge in [-0.3, -0.25) is 5.41 Å². The van der Waals surface area contributed by atoms with E-state index in [0.29, 0.717) is 17.9 Å². The third-order valence-electron chi connectivity index (χ3n) is 4.34. The van der Waals surface area contributed by atoms with Crippen LogP contribution in [0.25, 0.3) is 16.6 Å². The average molecular weight is 373 g/mol. The fraction of sp³-hybridized carbons (Fsp3) is 0.158. The van der Waals surface area contributed by atoms with Crippen LogP contribution in [0, 0.1) is 18.2 Å². The molecule has 1 aromatic heterocycles. The molecule has 0 saturated heterocycles. The molecule has 5 nitrogen and oxygen atoms in total. The lowest BCUT2D eigenvalue weighted by Crippen LogP contribution is -2.26. The van der Waals surface area contributed by atoms with Crippen LogP contribution in [0.15, 0.2) is 48.2 Å². The lowest BCUT2D eigenvalue weighted by molar-refractivity contribution is 0.347. The van der Waals surface area contributed by atoms with E-state index in [4.69, 9.17) is 5.41 Å². The van der Waals surface area contributed by atoms with Crippen LogP contribution in [-0.4, -0.2) is 32.4 Å². The Kier molecular flexibility index (Phi) is 4.70. The number of benzene rings is 2. The number of amidine groups is 1. The highest BCUT2D eigenvalue weighted by Gasteiger charge is 2.30. The number of aliphatic hydroxyl groups excluding tert-OH is 1. The van der Waals surface area contributed by atoms with Crippen LogP contribution in [0.3, 0.4) is 0 Å². The van der Waals surface area contributed by atoms with Crippen molar-refractivity contribution in [2.75, 3.05) is 6.54 Å². The third-order valence-corrected chi connectivity index (χ3v) is 4.34. The summed E-state index contributed by atoms with van der Waals surface area (Å²) in [5.41, 5.74) is 4.07. The van der Waals surface area contributed by atoms with Gasteiger partial charge in [-0.25, -0.2) is 9.37 Å². The first-order valence-corrected chi connectivity index (χ1v) is 7.98. The van der Waals surface area contributed by atoms with Gasteiger partial charge in [-0.2, -0.15) is 0 Å². The highest BCUT2D eigenvalue weighted by Crippen LogP contribution is 2.28. The molecule has 4 rings (SSSR count). The molecule has 0 fully saturated rings. The predicted molar refractivity (Wildman–Crippen MR) is 102 cm³/mol. The van der Waals surface area contributed by atoms with Crippen LogP contribution in [0.4, 0.5) is 4.39 Å². The van der Waals surface area contributed by atoms with Crippen LogP contribution >= 0.6 is 12.4 Å². The summed E-state index contributed by atoms with van der Waals surface area (Å²) < 4.78 is 13.0. The van der Waals surface area contributed by atoms with E-state index >= 15 is 0 Å². The first kappa shape index (κ1) is 17.9. The van der Waals surface area contributed by atoms with Gasteiger partial charge in [-0.15, -0.1) is 12.4 Å². The number of hydrogen-bond acceptors (Lipinski definition) is 3. The van der Waals surface area contributed by atoms with E-state index in [-0.39, 0.29) is 36.4 Å². The second-order valence-electron chi connectivity index (χ2n) is 6.26. The lowest BCUT2D eigenvalue weighted by atomic mass is 10.2.